The van der Waals surface area contributed by atoms with E-state index < -0.39 is 0 Å². The Balaban J connectivity index is 0.000000131. The standard InChI is InChI=1S/C14H12.3C13H12.2C11H10.C11H16/c1-10-6-7-14-12(8-10)9-11-4-2-3-5-13(11)14;1-11-7-5-6-10-13(11)12-8-3-2-4-9-12;1-11-6-5-9-13(10-11)12-7-3-2-4-8-12;1-11-7-9-13(10-8-11)12-5-3-2-4-6-12;1-9-5-4-7-10-6-2-3-8-11(9)10;1-9-6-7-10-4-2-3-5-11(10)8-9;1-9-5-7-10(8-6-9)11(2,3)4/h2-8H,9H2,1H3;3*2-10H,1H3;2*2-8H,1H3;5-8H,1-4H3. The van der Waals surface area contributed by atoms with Gasteiger partial charge in [0, 0.05) is 0 Å². The van der Waals surface area contributed by atoms with Gasteiger partial charge in [-0.05, 0) is 154 Å². The van der Waals surface area contributed by atoms with Gasteiger partial charge in [-0.25, -0.2) is 0 Å². The largest absolute Gasteiger partial charge is 0.0622 e. The van der Waals surface area contributed by atoms with E-state index in [0.29, 0.717) is 0 Å². The van der Waals surface area contributed by atoms with Crippen LogP contribution < -0.4 is 0 Å². The predicted molar refractivity (Wildman–Crippen MR) is 377 cm³/mol. The third kappa shape index (κ3) is 18.7. The van der Waals surface area contributed by atoms with E-state index in [2.05, 4.69) is 366 Å². The highest BCUT2D eigenvalue weighted by Gasteiger charge is 2.17. The Kier molecular flexibility index (Phi) is 22.7. The molecule has 0 amide bonds. The Hall–Kier alpha value is -9.62. The van der Waals surface area contributed by atoms with Crippen molar-refractivity contribution in [2.45, 2.75) is 81.1 Å². The smallest absolute Gasteiger partial charge is 0.00134 e. The average molecular weight is 1120 g/mol. The first-order valence-corrected chi connectivity index (χ1v) is 30.2. The molecule has 0 radical (unpaired) electrons. The summed E-state index contributed by atoms with van der Waals surface area (Å²) in [4.78, 5) is 0. The van der Waals surface area contributed by atoms with Crippen LogP contribution in [-0.2, 0) is 11.8 Å². The second-order valence-corrected chi connectivity index (χ2v) is 23.4. The molecule has 13 aromatic carbocycles. The summed E-state index contributed by atoms with van der Waals surface area (Å²) < 4.78 is 0. The molecule has 0 unspecified atom stereocenters. The molecule has 14 rings (SSSR count). The molecule has 0 saturated heterocycles. The molecule has 428 valence electrons. The number of hydrogen-bond donors (Lipinski definition) is 0. The van der Waals surface area contributed by atoms with Crippen molar-refractivity contribution in [3.05, 3.63) is 371 Å². The van der Waals surface area contributed by atoms with Gasteiger partial charge in [0.15, 0.2) is 0 Å². The van der Waals surface area contributed by atoms with Crippen LogP contribution >= 0.6 is 0 Å². The van der Waals surface area contributed by atoms with Gasteiger partial charge in [-0.15, -0.1) is 0 Å². The van der Waals surface area contributed by atoms with E-state index in [1.807, 2.05) is 18.2 Å². The fourth-order valence-corrected chi connectivity index (χ4v) is 10.4. The quantitative estimate of drug-likeness (QED) is 0.165. The number of hydrogen-bond acceptors (Lipinski definition) is 0. The summed E-state index contributed by atoms with van der Waals surface area (Å²) in [6, 6.07) is 111. The van der Waals surface area contributed by atoms with E-state index in [1.165, 1.54) is 122 Å². The molecule has 0 N–H and O–H groups in total. The van der Waals surface area contributed by atoms with Crippen LogP contribution in [0.4, 0.5) is 0 Å². The topological polar surface area (TPSA) is 0 Å². The van der Waals surface area contributed by atoms with Crippen molar-refractivity contribution in [2.24, 2.45) is 0 Å². The molecular formula is C86H84. The lowest BCUT2D eigenvalue weighted by Crippen LogP contribution is -2.10. The third-order valence-corrected chi connectivity index (χ3v) is 15.3. The van der Waals surface area contributed by atoms with Crippen LogP contribution in [0, 0.1) is 48.5 Å². The van der Waals surface area contributed by atoms with Crippen LogP contribution in [0.2, 0.25) is 0 Å². The predicted octanol–water partition coefficient (Wildman–Crippen LogP) is 24.1. The molecule has 0 heterocycles. The number of benzene rings is 13. The first-order chi connectivity index (χ1) is 41.7. The van der Waals surface area contributed by atoms with E-state index in [9.17, 15) is 0 Å². The molecule has 0 aromatic heterocycles. The highest BCUT2D eigenvalue weighted by molar-refractivity contribution is 5.85. The maximum Gasteiger partial charge on any atom is -0.00134 e. The van der Waals surface area contributed by atoms with Gasteiger partial charge in [0.2, 0.25) is 0 Å². The summed E-state index contributed by atoms with van der Waals surface area (Å²) in [6.45, 7) is 21.6. The van der Waals surface area contributed by atoms with Gasteiger partial charge >= 0.3 is 0 Å². The summed E-state index contributed by atoms with van der Waals surface area (Å²) in [7, 11) is 0. The molecule has 0 spiro atoms. The first kappa shape index (κ1) is 62.4. The van der Waals surface area contributed by atoms with Crippen molar-refractivity contribution >= 4 is 21.5 Å². The Morgan fingerprint density at radius 1 is 0.233 bits per heavy atom. The van der Waals surface area contributed by atoms with Crippen LogP contribution in [-0.4, -0.2) is 0 Å². The Morgan fingerprint density at radius 2 is 0.651 bits per heavy atom. The number of aryl methyl sites for hydroxylation is 7. The lowest BCUT2D eigenvalue weighted by molar-refractivity contribution is 0.590. The normalized spacial score (nSPS) is 10.6. The van der Waals surface area contributed by atoms with E-state index in [0.717, 1.165) is 6.42 Å². The van der Waals surface area contributed by atoms with Crippen LogP contribution in [0.5, 0.6) is 0 Å². The van der Waals surface area contributed by atoms with E-state index >= 15 is 0 Å². The van der Waals surface area contributed by atoms with E-state index in [-0.39, 0.29) is 5.41 Å². The molecule has 0 saturated carbocycles. The molecular weight excluding hydrogens is 1030 g/mol. The Morgan fingerprint density at radius 3 is 1.27 bits per heavy atom. The van der Waals surface area contributed by atoms with Gasteiger partial charge in [-0.1, -0.05) is 364 Å². The molecule has 0 aliphatic heterocycles. The van der Waals surface area contributed by atoms with Crippen molar-refractivity contribution in [1.82, 2.24) is 0 Å². The highest BCUT2D eigenvalue weighted by Crippen LogP contribution is 2.36. The van der Waals surface area contributed by atoms with Gasteiger partial charge in [-0.3, -0.25) is 0 Å². The molecule has 0 heteroatoms. The van der Waals surface area contributed by atoms with E-state index in [1.54, 1.807) is 0 Å². The van der Waals surface area contributed by atoms with Crippen LogP contribution in [0.3, 0.4) is 0 Å². The monoisotopic (exact) mass is 1120 g/mol. The minimum Gasteiger partial charge on any atom is -0.0622 e. The second kappa shape index (κ2) is 31.3. The lowest BCUT2D eigenvalue weighted by Gasteiger charge is -2.18. The van der Waals surface area contributed by atoms with Gasteiger partial charge < -0.3 is 0 Å². The first-order valence-electron chi connectivity index (χ1n) is 30.2. The summed E-state index contributed by atoms with van der Waals surface area (Å²) >= 11 is 0. The van der Waals surface area contributed by atoms with Crippen molar-refractivity contribution < 1.29 is 0 Å². The molecule has 1 aliphatic rings. The molecule has 0 atom stereocenters. The molecule has 0 nitrogen and oxygen atoms in total. The molecule has 1 aliphatic carbocycles. The van der Waals surface area contributed by atoms with Crippen LogP contribution in [0.25, 0.3) is 66.1 Å². The van der Waals surface area contributed by atoms with Crippen molar-refractivity contribution in [3.8, 4) is 44.5 Å². The second-order valence-electron chi connectivity index (χ2n) is 23.4. The SMILES string of the molecule is Cc1ccc(-c2ccccc2)cc1.Cc1ccc(C(C)(C)C)cc1.Cc1ccc2c(c1)Cc1ccccc1-2.Cc1ccc2ccccc2c1.Cc1cccc(-c2ccccc2)c1.Cc1cccc2ccccc12.Cc1ccccc1-c1ccccc1. The average Bonchev–Trinajstić information content (AvgIpc) is 3.91. The van der Waals surface area contributed by atoms with Crippen LogP contribution in [0.1, 0.15) is 76.4 Å². The lowest BCUT2D eigenvalue weighted by atomic mass is 9.87. The maximum absolute atomic E-state index is 2.30. The summed E-state index contributed by atoms with van der Waals surface area (Å²) in [5, 5.41) is 5.33. The summed E-state index contributed by atoms with van der Waals surface area (Å²) in [6.07, 6.45) is 1.10. The third-order valence-electron chi connectivity index (χ3n) is 15.3. The van der Waals surface area contributed by atoms with Gasteiger partial charge in [-0.2, -0.15) is 0 Å². The van der Waals surface area contributed by atoms with E-state index in [4.69, 9.17) is 0 Å². The molecule has 86 heavy (non-hydrogen) atoms. The number of fused-ring (bicyclic) bond motifs is 5. The fraction of sp³-hybridized carbons (Fsp3) is 0.140. The van der Waals surface area contributed by atoms with Crippen molar-refractivity contribution in [1.29, 1.82) is 0 Å². The number of rotatable bonds is 3. The molecule has 0 fully saturated rings. The maximum atomic E-state index is 2.30. The molecule has 0 bridgehead atoms. The van der Waals surface area contributed by atoms with Crippen molar-refractivity contribution in [3.63, 3.8) is 0 Å². The summed E-state index contributed by atoms with van der Waals surface area (Å²) in [5.74, 6) is 0. The Bertz CT molecular complexity index is 4130. The molecule has 13 aromatic rings. The summed E-state index contributed by atoms with van der Waals surface area (Å²) in [5.41, 5.74) is 24.5. The zero-order valence-electron chi connectivity index (χ0n) is 52.2. The minimum atomic E-state index is 0.285. The Labute approximate surface area is 515 Å². The van der Waals surface area contributed by atoms with Crippen molar-refractivity contribution in [2.75, 3.05) is 0 Å². The highest BCUT2D eigenvalue weighted by atomic mass is 14.2. The zero-order chi connectivity index (χ0) is 60.7. The minimum absolute atomic E-state index is 0.285. The van der Waals surface area contributed by atoms with Gasteiger partial charge in [0.1, 0.15) is 0 Å². The van der Waals surface area contributed by atoms with Gasteiger partial charge in [0.05, 0.1) is 0 Å². The van der Waals surface area contributed by atoms with Gasteiger partial charge in [0.25, 0.3) is 0 Å². The zero-order valence-corrected chi connectivity index (χ0v) is 52.2. The van der Waals surface area contributed by atoms with Crippen LogP contribution in [0.15, 0.2) is 315 Å². The fourth-order valence-electron chi connectivity index (χ4n) is 10.4.